The monoisotopic (exact) mass is 214 g/mol. The molecule has 0 aliphatic carbocycles. The van der Waals surface area contributed by atoms with Gasteiger partial charge < -0.3 is 10.1 Å². The van der Waals surface area contributed by atoms with Gasteiger partial charge in [-0.05, 0) is 34.0 Å². The molecule has 80 valence electrons. The van der Waals surface area contributed by atoms with E-state index >= 15 is 0 Å². The summed E-state index contributed by atoms with van der Waals surface area (Å²) in [6.07, 6.45) is 1.46. The summed E-state index contributed by atoms with van der Waals surface area (Å²) in [5.74, 6) is -0.0915. The lowest BCUT2D eigenvalue weighted by atomic mass is 10.0. The first-order valence-electron chi connectivity index (χ1n) is 4.85. The third-order valence-electron chi connectivity index (χ3n) is 2.37. The number of benzene rings is 1. The molecule has 0 saturated heterocycles. The number of pyridine rings is 1. The van der Waals surface area contributed by atoms with E-state index in [2.05, 4.69) is 4.98 Å². The molecule has 4 nitrogen and oxygen atoms in total. The average molecular weight is 214 g/mol. The van der Waals surface area contributed by atoms with E-state index in [1.54, 1.807) is 6.07 Å². The molecule has 0 amide bonds. The van der Waals surface area contributed by atoms with Gasteiger partial charge in [0.25, 0.3) is 0 Å². The molecule has 2 aromatic rings. The Morgan fingerprint density at radius 3 is 2.50 bits per heavy atom. The van der Waals surface area contributed by atoms with Crippen molar-refractivity contribution in [1.82, 2.24) is 4.98 Å². The maximum Gasteiger partial charge on any atom is 0.371 e. The largest absolute Gasteiger partial charge is 0.371 e. The predicted octanol–water partition coefficient (Wildman–Crippen LogP) is 2.97. The Hall–Kier alpha value is -2.23. The van der Waals surface area contributed by atoms with Crippen molar-refractivity contribution < 1.29 is 4.92 Å². The number of aromatic nitrogens is 1. The fraction of sp³-hybridized carbons (Fsp3) is 0.0833. The third-order valence-corrected chi connectivity index (χ3v) is 2.37. The Labute approximate surface area is 92.7 Å². The van der Waals surface area contributed by atoms with Crippen molar-refractivity contribution in [1.29, 1.82) is 0 Å². The second-order valence-corrected chi connectivity index (χ2v) is 3.45. The van der Waals surface area contributed by atoms with Crippen LogP contribution in [0, 0.1) is 17.0 Å². The molecule has 0 atom stereocenters. The molecule has 1 aromatic heterocycles. The van der Waals surface area contributed by atoms with Crippen molar-refractivity contribution in [2.75, 3.05) is 0 Å². The summed E-state index contributed by atoms with van der Waals surface area (Å²) in [6, 6.07) is 11.0. The van der Waals surface area contributed by atoms with Crippen LogP contribution in [0.2, 0.25) is 0 Å². The minimum atomic E-state index is -0.449. The summed E-state index contributed by atoms with van der Waals surface area (Å²) < 4.78 is 0. The van der Waals surface area contributed by atoms with E-state index in [0.717, 1.165) is 11.1 Å². The normalized spacial score (nSPS) is 10.1. The smallest absolute Gasteiger partial charge is 0.358 e. The molecular weight excluding hydrogens is 204 g/mol. The van der Waals surface area contributed by atoms with Crippen LogP contribution in [-0.2, 0) is 0 Å². The molecule has 2 rings (SSSR count). The van der Waals surface area contributed by atoms with E-state index < -0.39 is 4.92 Å². The molecule has 0 spiro atoms. The van der Waals surface area contributed by atoms with E-state index in [0.29, 0.717) is 5.56 Å². The Balaban J connectivity index is 2.68. The Kier molecular flexibility index (Phi) is 2.64. The number of rotatable bonds is 2. The zero-order chi connectivity index (χ0) is 11.5. The lowest BCUT2D eigenvalue weighted by molar-refractivity contribution is -0.388. The molecule has 16 heavy (non-hydrogen) atoms. The van der Waals surface area contributed by atoms with Crippen LogP contribution >= 0.6 is 0 Å². The van der Waals surface area contributed by atoms with E-state index in [-0.39, 0.29) is 5.82 Å². The molecule has 0 radical (unpaired) electrons. The summed E-state index contributed by atoms with van der Waals surface area (Å²) in [4.78, 5) is 14.3. The lowest BCUT2D eigenvalue weighted by Gasteiger charge is -2.05. The standard InChI is InChI=1S/C12H10N2O2/c1-9-7-8-13-12(14(15)16)11(9)10-5-3-2-4-6-10/h2-8H,1H3. The fourth-order valence-corrected chi connectivity index (χ4v) is 1.64. The first-order chi connectivity index (χ1) is 7.70. The van der Waals surface area contributed by atoms with Gasteiger partial charge in [-0.25, -0.2) is 0 Å². The van der Waals surface area contributed by atoms with Crippen LogP contribution in [0.25, 0.3) is 11.1 Å². The zero-order valence-corrected chi connectivity index (χ0v) is 8.75. The van der Waals surface area contributed by atoms with E-state index in [9.17, 15) is 10.1 Å². The maximum atomic E-state index is 10.9. The van der Waals surface area contributed by atoms with Crippen molar-refractivity contribution in [3.05, 3.63) is 58.3 Å². The van der Waals surface area contributed by atoms with E-state index in [1.165, 1.54) is 6.20 Å². The molecule has 1 aromatic carbocycles. The highest BCUT2D eigenvalue weighted by atomic mass is 16.6. The average Bonchev–Trinajstić information content (AvgIpc) is 2.29. The topological polar surface area (TPSA) is 56.0 Å². The number of aryl methyl sites for hydroxylation is 1. The van der Waals surface area contributed by atoms with Crippen LogP contribution in [0.1, 0.15) is 5.56 Å². The third kappa shape index (κ3) is 1.77. The number of hydrogen-bond acceptors (Lipinski definition) is 3. The van der Waals surface area contributed by atoms with Gasteiger partial charge in [0.2, 0.25) is 0 Å². The summed E-state index contributed by atoms with van der Waals surface area (Å²) in [5.41, 5.74) is 2.26. The van der Waals surface area contributed by atoms with Crippen molar-refractivity contribution in [3.8, 4) is 11.1 Å². The number of nitro groups is 1. The van der Waals surface area contributed by atoms with Crippen LogP contribution in [0.5, 0.6) is 0 Å². The van der Waals surface area contributed by atoms with Crippen molar-refractivity contribution in [2.24, 2.45) is 0 Å². The lowest BCUT2D eigenvalue weighted by Crippen LogP contribution is -1.97. The van der Waals surface area contributed by atoms with Crippen LogP contribution in [0.15, 0.2) is 42.6 Å². The molecule has 0 N–H and O–H groups in total. The molecule has 0 fully saturated rings. The van der Waals surface area contributed by atoms with Crippen molar-refractivity contribution in [3.63, 3.8) is 0 Å². The molecular formula is C12H10N2O2. The SMILES string of the molecule is Cc1ccnc([N+](=O)[O-])c1-c1ccccc1. The summed E-state index contributed by atoms with van der Waals surface area (Å²) in [6.45, 7) is 1.84. The van der Waals surface area contributed by atoms with Crippen LogP contribution in [0.4, 0.5) is 5.82 Å². The Bertz CT molecular complexity index is 524. The minimum Gasteiger partial charge on any atom is -0.358 e. The van der Waals surface area contributed by atoms with Crippen LogP contribution in [0.3, 0.4) is 0 Å². The maximum absolute atomic E-state index is 10.9. The van der Waals surface area contributed by atoms with Gasteiger partial charge in [-0.3, -0.25) is 0 Å². The summed E-state index contributed by atoms with van der Waals surface area (Å²) in [7, 11) is 0. The zero-order valence-electron chi connectivity index (χ0n) is 8.75. The Morgan fingerprint density at radius 1 is 1.19 bits per heavy atom. The second kappa shape index (κ2) is 4.10. The number of hydrogen-bond donors (Lipinski definition) is 0. The molecule has 4 heteroatoms. The van der Waals surface area contributed by atoms with E-state index in [4.69, 9.17) is 0 Å². The van der Waals surface area contributed by atoms with Crippen LogP contribution in [-0.4, -0.2) is 9.91 Å². The highest BCUT2D eigenvalue weighted by Crippen LogP contribution is 2.30. The fourth-order valence-electron chi connectivity index (χ4n) is 1.64. The Morgan fingerprint density at radius 2 is 1.88 bits per heavy atom. The van der Waals surface area contributed by atoms with Gasteiger partial charge in [-0.1, -0.05) is 30.3 Å². The summed E-state index contributed by atoms with van der Waals surface area (Å²) >= 11 is 0. The van der Waals surface area contributed by atoms with Gasteiger partial charge in [-0.15, -0.1) is 0 Å². The first kappa shape index (κ1) is 10.3. The summed E-state index contributed by atoms with van der Waals surface area (Å²) in [5, 5.41) is 10.9. The highest BCUT2D eigenvalue weighted by molar-refractivity contribution is 5.74. The van der Waals surface area contributed by atoms with E-state index in [1.807, 2.05) is 37.3 Å². The van der Waals surface area contributed by atoms with Gasteiger partial charge >= 0.3 is 5.82 Å². The number of nitrogens with zero attached hydrogens (tertiary/aromatic N) is 2. The second-order valence-electron chi connectivity index (χ2n) is 3.45. The predicted molar refractivity (Wildman–Crippen MR) is 61.1 cm³/mol. The molecule has 0 saturated carbocycles. The quantitative estimate of drug-likeness (QED) is 0.570. The van der Waals surface area contributed by atoms with Gasteiger partial charge in [0, 0.05) is 0 Å². The van der Waals surface area contributed by atoms with Gasteiger partial charge in [0.1, 0.15) is 6.20 Å². The highest BCUT2D eigenvalue weighted by Gasteiger charge is 2.18. The van der Waals surface area contributed by atoms with Crippen molar-refractivity contribution in [2.45, 2.75) is 6.92 Å². The van der Waals surface area contributed by atoms with Gasteiger partial charge in [0.05, 0.1) is 5.56 Å². The molecule has 1 heterocycles. The minimum absolute atomic E-state index is 0.0915. The van der Waals surface area contributed by atoms with Gasteiger partial charge in [-0.2, -0.15) is 0 Å². The van der Waals surface area contributed by atoms with Crippen molar-refractivity contribution >= 4 is 5.82 Å². The molecule has 0 unspecified atom stereocenters. The molecule has 0 bridgehead atoms. The molecule has 0 aliphatic rings. The van der Waals surface area contributed by atoms with Crippen LogP contribution < -0.4 is 0 Å². The van der Waals surface area contributed by atoms with Gasteiger partial charge in [0.15, 0.2) is 0 Å². The molecule has 0 aliphatic heterocycles. The first-order valence-corrected chi connectivity index (χ1v) is 4.85.